The van der Waals surface area contributed by atoms with Crippen LogP contribution in [0.3, 0.4) is 0 Å². The van der Waals surface area contributed by atoms with E-state index in [1.165, 1.54) is 22.7 Å². The Balaban J connectivity index is 1.37. The molecule has 3 aromatic heterocycles. The zero-order valence-electron chi connectivity index (χ0n) is 18.6. The van der Waals surface area contributed by atoms with Crippen molar-refractivity contribution in [2.75, 3.05) is 23.3 Å². The Labute approximate surface area is 208 Å². The minimum Gasteiger partial charge on any atom is -0.371 e. The number of nitrogens with zero attached hydrogens (tertiary/aromatic N) is 6. The van der Waals surface area contributed by atoms with E-state index >= 15 is 0 Å². The van der Waals surface area contributed by atoms with E-state index in [1.54, 1.807) is 29.3 Å². The van der Waals surface area contributed by atoms with Crippen LogP contribution in [-0.2, 0) is 6.18 Å². The van der Waals surface area contributed by atoms with Crippen molar-refractivity contribution in [1.29, 1.82) is 5.26 Å². The van der Waals surface area contributed by atoms with Crippen LogP contribution in [0.2, 0.25) is 5.02 Å². The number of aromatic nitrogens is 4. The van der Waals surface area contributed by atoms with Crippen LogP contribution >= 0.6 is 11.6 Å². The molecule has 1 aliphatic rings. The summed E-state index contributed by atoms with van der Waals surface area (Å²) in [4.78, 5) is 9.74. The molecule has 0 spiro atoms. The maximum absolute atomic E-state index is 13.5. The van der Waals surface area contributed by atoms with Crippen molar-refractivity contribution in [1.82, 2.24) is 19.6 Å². The standard InChI is InChI=1S/C24H18ClF4N7/c25-19-12-15(26)3-4-17(19)18-2-1-9-36-21(18)32-22(34-36)33-23(14-30)6-10-35(11-7-23)16-5-8-31-20(13-16)24(27,28)29/h1-5,8-9,12-13H,6-7,10-11H2,(H,33,34). The lowest BCUT2D eigenvalue weighted by Gasteiger charge is -2.38. The number of pyridine rings is 2. The highest BCUT2D eigenvalue weighted by atomic mass is 35.5. The van der Waals surface area contributed by atoms with Gasteiger partial charge in [-0.1, -0.05) is 11.6 Å². The molecule has 0 amide bonds. The van der Waals surface area contributed by atoms with Crippen LogP contribution in [0.1, 0.15) is 18.5 Å². The molecule has 1 aromatic carbocycles. The molecule has 0 aliphatic carbocycles. The Morgan fingerprint density at radius 2 is 1.86 bits per heavy atom. The van der Waals surface area contributed by atoms with E-state index in [1.807, 2.05) is 0 Å². The van der Waals surface area contributed by atoms with Gasteiger partial charge in [0.05, 0.1) is 11.1 Å². The van der Waals surface area contributed by atoms with Gasteiger partial charge in [-0.2, -0.15) is 23.4 Å². The molecule has 4 heterocycles. The van der Waals surface area contributed by atoms with Crippen LogP contribution in [0.15, 0.2) is 54.9 Å². The molecular formula is C24H18ClF4N7. The predicted molar refractivity (Wildman–Crippen MR) is 126 cm³/mol. The monoisotopic (exact) mass is 515 g/mol. The van der Waals surface area contributed by atoms with Crippen molar-refractivity contribution in [2.24, 2.45) is 0 Å². The van der Waals surface area contributed by atoms with Gasteiger partial charge in [-0.25, -0.2) is 8.91 Å². The van der Waals surface area contributed by atoms with Crippen LogP contribution in [0.4, 0.5) is 29.2 Å². The third kappa shape index (κ3) is 4.52. The minimum atomic E-state index is -4.53. The van der Waals surface area contributed by atoms with Crippen molar-refractivity contribution < 1.29 is 17.6 Å². The summed E-state index contributed by atoms with van der Waals surface area (Å²) in [5.74, 6) is -0.234. The summed E-state index contributed by atoms with van der Waals surface area (Å²) in [6, 6.07) is 12.5. The summed E-state index contributed by atoms with van der Waals surface area (Å²) in [7, 11) is 0. The number of nitriles is 1. The zero-order valence-corrected chi connectivity index (χ0v) is 19.4. The molecule has 0 atom stereocenters. The molecule has 7 nitrogen and oxygen atoms in total. The highest BCUT2D eigenvalue weighted by Crippen LogP contribution is 2.34. The fourth-order valence-electron chi connectivity index (χ4n) is 4.27. The van der Waals surface area contributed by atoms with E-state index in [2.05, 4.69) is 26.5 Å². The molecule has 184 valence electrons. The van der Waals surface area contributed by atoms with Gasteiger partial charge in [0, 0.05) is 55.1 Å². The van der Waals surface area contributed by atoms with E-state index in [0.717, 1.165) is 12.3 Å². The first kappa shape index (κ1) is 23.8. The molecule has 0 saturated carbocycles. The summed E-state index contributed by atoms with van der Waals surface area (Å²) in [5, 5.41) is 17.8. The first-order valence-corrected chi connectivity index (χ1v) is 11.3. The Morgan fingerprint density at radius 3 is 2.56 bits per heavy atom. The number of hydrogen-bond acceptors (Lipinski definition) is 6. The van der Waals surface area contributed by atoms with E-state index in [-0.39, 0.29) is 11.0 Å². The highest BCUT2D eigenvalue weighted by Gasteiger charge is 2.37. The van der Waals surface area contributed by atoms with Crippen molar-refractivity contribution in [2.45, 2.75) is 24.6 Å². The predicted octanol–water partition coefficient (Wildman–Crippen LogP) is 5.58. The molecule has 5 rings (SSSR count). The molecule has 0 radical (unpaired) electrons. The van der Waals surface area contributed by atoms with Crippen molar-refractivity contribution >= 4 is 28.9 Å². The zero-order chi connectivity index (χ0) is 25.5. The third-order valence-electron chi connectivity index (χ3n) is 6.16. The smallest absolute Gasteiger partial charge is 0.371 e. The molecule has 0 bridgehead atoms. The van der Waals surface area contributed by atoms with Crippen molar-refractivity contribution in [3.8, 4) is 17.2 Å². The second kappa shape index (κ2) is 8.95. The summed E-state index contributed by atoms with van der Waals surface area (Å²) in [6.45, 7) is 0.706. The van der Waals surface area contributed by atoms with Gasteiger partial charge in [0.25, 0.3) is 0 Å². The summed E-state index contributed by atoms with van der Waals surface area (Å²) in [5.41, 5.74) is 0.130. The number of benzene rings is 1. The van der Waals surface area contributed by atoms with E-state index in [9.17, 15) is 22.8 Å². The number of rotatable bonds is 4. The topological polar surface area (TPSA) is 82.1 Å². The summed E-state index contributed by atoms with van der Waals surface area (Å²) in [6.07, 6.45) is -1.04. The van der Waals surface area contributed by atoms with E-state index in [0.29, 0.717) is 48.4 Å². The number of alkyl halides is 3. The molecular weight excluding hydrogens is 498 g/mol. The Morgan fingerprint density at radius 1 is 1.08 bits per heavy atom. The molecule has 12 heteroatoms. The van der Waals surface area contributed by atoms with Crippen LogP contribution in [0.25, 0.3) is 16.8 Å². The first-order valence-electron chi connectivity index (χ1n) is 11.0. The van der Waals surface area contributed by atoms with Gasteiger partial charge >= 0.3 is 6.18 Å². The van der Waals surface area contributed by atoms with Crippen molar-refractivity contribution in [3.63, 3.8) is 0 Å². The van der Waals surface area contributed by atoms with Crippen LogP contribution < -0.4 is 10.2 Å². The molecule has 1 N–H and O–H groups in total. The second-order valence-electron chi connectivity index (χ2n) is 8.45. The quantitative estimate of drug-likeness (QED) is 0.357. The van der Waals surface area contributed by atoms with Crippen LogP contribution in [0.5, 0.6) is 0 Å². The first-order chi connectivity index (χ1) is 17.2. The average molecular weight is 516 g/mol. The van der Waals surface area contributed by atoms with Gasteiger partial charge in [-0.05, 0) is 42.5 Å². The van der Waals surface area contributed by atoms with E-state index < -0.39 is 23.2 Å². The number of nitrogens with one attached hydrogen (secondary N) is 1. The fraction of sp³-hybridized carbons (Fsp3) is 0.250. The second-order valence-corrected chi connectivity index (χ2v) is 8.86. The van der Waals surface area contributed by atoms with Gasteiger partial charge in [-0.15, -0.1) is 5.10 Å². The minimum absolute atomic E-state index is 0.221. The van der Waals surface area contributed by atoms with Crippen LogP contribution in [-0.4, -0.2) is 38.2 Å². The highest BCUT2D eigenvalue weighted by molar-refractivity contribution is 6.33. The molecule has 1 fully saturated rings. The molecule has 4 aromatic rings. The number of halogens is 5. The van der Waals surface area contributed by atoms with Gasteiger partial charge in [0.1, 0.15) is 17.1 Å². The van der Waals surface area contributed by atoms with Gasteiger partial charge < -0.3 is 10.2 Å². The summed E-state index contributed by atoms with van der Waals surface area (Å²) >= 11 is 6.24. The van der Waals surface area contributed by atoms with Gasteiger partial charge in [-0.3, -0.25) is 4.98 Å². The largest absolute Gasteiger partial charge is 0.433 e. The van der Waals surface area contributed by atoms with Crippen molar-refractivity contribution in [3.05, 3.63) is 71.4 Å². The molecule has 1 saturated heterocycles. The maximum Gasteiger partial charge on any atom is 0.433 e. The third-order valence-corrected chi connectivity index (χ3v) is 6.48. The lowest BCUT2D eigenvalue weighted by Crippen LogP contribution is -2.48. The Bertz CT molecular complexity index is 1470. The van der Waals surface area contributed by atoms with E-state index in [4.69, 9.17) is 11.6 Å². The number of piperidine rings is 1. The molecule has 1 aliphatic heterocycles. The molecule has 0 unspecified atom stereocenters. The maximum atomic E-state index is 13.5. The SMILES string of the molecule is N#CC1(Nc2nc3c(-c4ccc(F)cc4Cl)cccn3n2)CCN(c2ccnc(C(F)(F)F)c2)CC1. The Hall–Kier alpha value is -3.91. The lowest BCUT2D eigenvalue weighted by molar-refractivity contribution is -0.141. The van der Waals surface area contributed by atoms with Gasteiger partial charge in [0.2, 0.25) is 5.95 Å². The Kier molecular flexibility index (Phi) is 5.92. The number of hydrogen-bond donors (Lipinski definition) is 1. The molecule has 36 heavy (non-hydrogen) atoms. The summed E-state index contributed by atoms with van der Waals surface area (Å²) < 4.78 is 54.2. The number of anilines is 2. The lowest BCUT2D eigenvalue weighted by atomic mass is 9.89. The normalized spacial score (nSPS) is 15.6. The number of fused-ring (bicyclic) bond motifs is 1. The fourth-order valence-corrected chi connectivity index (χ4v) is 4.54. The average Bonchev–Trinajstić information content (AvgIpc) is 3.26. The van der Waals surface area contributed by atoms with Crippen LogP contribution in [0, 0.1) is 17.1 Å². The van der Waals surface area contributed by atoms with Gasteiger partial charge in [0.15, 0.2) is 5.65 Å².